The van der Waals surface area contributed by atoms with Gasteiger partial charge in [-0.2, -0.15) is 23.8 Å². The Balaban J connectivity index is 1.83. The predicted molar refractivity (Wildman–Crippen MR) is 132 cm³/mol. The van der Waals surface area contributed by atoms with Crippen LogP contribution in [0.4, 0.5) is 19.0 Å². The monoisotopic (exact) mass is 517 g/mol. The summed E-state index contributed by atoms with van der Waals surface area (Å²) in [4.78, 5) is 32.3. The van der Waals surface area contributed by atoms with Crippen LogP contribution in [0.15, 0.2) is 42.9 Å². The summed E-state index contributed by atoms with van der Waals surface area (Å²) in [6.45, 7) is 9.46. The summed E-state index contributed by atoms with van der Waals surface area (Å²) < 4.78 is 40.4. The van der Waals surface area contributed by atoms with Crippen LogP contribution in [0.5, 0.6) is 0 Å². The van der Waals surface area contributed by atoms with Gasteiger partial charge in [0.1, 0.15) is 5.82 Å². The summed E-state index contributed by atoms with van der Waals surface area (Å²) in [6, 6.07) is 6.93. The highest BCUT2D eigenvalue weighted by Crippen LogP contribution is 2.32. The van der Waals surface area contributed by atoms with Gasteiger partial charge in [0, 0.05) is 18.8 Å². The maximum atomic E-state index is 13.1. The molecule has 1 atom stereocenters. The van der Waals surface area contributed by atoms with Crippen molar-refractivity contribution in [1.29, 1.82) is 0 Å². The van der Waals surface area contributed by atoms with E-state index in [-0.39, 0.29) is 18.0 Å². The van der Waals surface area contributed by atoms with Gasteiger partial charge in [0.15, 0.2) is 0 Å². The van der Waals surface area contributed by atoms with Crippen LogP contribution >= 0.6 is 0 Å². The summed E-state index contributed by atoms with van der Waals surface area (Å²) in [5.41, 5.74) is 4.62. The van der Waals surface area contributed by atoms with Crippen LogP contribution < -0.4 is 10.8 Å². The number of pyridine rings is 1. The number of nitrogens with one attached hydrogen (secondary N) is 2. The molecule has 0 saturated heterocycles. The number of hydrogen-bond acceptors (Lipinski definition) is 6. The van der Waals surface area contributed by atoms with Crippen molar-refractivity contribution >= 4 is 17.7 Å². The average molecular weight is 518 g/mol. The first kappa shape index (κ1) is 27.7. The quantitative estimate of drug-likeness (QED) is 0.372. The van der Waals surface area contributed by atoms with Gasteiger partial charge in [0.05, 0.1) is 29.1 Å². The number of carbonyl (C=O) groups excluding carboxylic acids is 2. The second-order valence-corrected chi connectivity index (χ2v) is 9.19. The molecule has 0 radical (unpaired) electrons. The molecular weight excluding hydrogens is 487 g/mol. The van der Waals surface area contributed by atoms with Gasteiger partial charge >= 0.3 is 12.1 Å². The number of anilines is 1. The highest BCUT2D eigenvalue weighted by Gasteiger charge is 2.32. The fraction of sp³-hybridized carbons (Fsp3) is 0.385. The third-order valence-electron chi connectivity index (χ3n) is 5.66. The van der Waals surface area contributed by atoms with E-state index in [4.69, 9.17) is 0 Å². The maximum Gasteiger partial charge on any atom is 0.419 e. The van der Waals surface area contributed by atoms with E-state index in [1.165, 1.54) is 10.9 Å². The Bertz CT molecular complexity index is 1230. The van der Waals surface area contributed by atoms with Crippen LogP contribution in [0.2, 0.25) is 0 Å². The van der Waals surface area contributed by atoms with E-state index in [0.29, 0.717) is 17.4 Å². The van der Waals surface area contributed by atoms with Crippen molar-refractivity contribution in [1.82, 2.24) is 20.2 Å². The largest absolute Gasteiger partial charge is 0.419 e. The van der Waals surface area contributed by atoms with Crippen LogP contribution in [0.3, 0.4) is 0 Å². The van der Waals surface area contributed by atoms with Crippen molar-refractivity contribution in [3.05, 3.63) is 70.7 Å². The molecular formula is C26H30F3N5O3. The van der Waals surface area contributed by atoms with Crippen LogP contribution in [-0.4, -0.2) is 26.6 Å². The minimum Gasteiger partial charge on any atom is -0.363 e. The van der Waals surface area contributed by atoms with E-state index in [2.05, 4.69) is 39.6 Å². The highest BCUT2D eigenvalue weighted by atomic mass is 19.4. The van der Waals surface area contributed by atoms with Crippen LogP contribution in [-0.2, 0) is 15.8 Å². The number of aryl methyl sites for hydroxylation is 2. The smallest absolute Gasteiger partial charge is 0.363 e. The number of hydroxylamine groups is 1. The molecule has 0 aliphatic carbocycles. The minimum atomic E-state index is -4.46. The fourth-order valence-corrected chi connectivity index (χ4v) is 3.92. The molecule has 0 spiro atoms. The number of aromatic nitrogens is 3. The summed E-state index contributed by atoms with van der Waals surface area (Å²) in [7, 11) is 0. The molecule has 1 aromatic carbocycles. The fourth-order valence-electron chi connectivity index (χ4n) is 3.92. The average Bonchev–Trinajstić information content (AvgIpc) is 3.32. The van der Waals surface area contributed by atoms with Crippen LogP contribution in [0, 0.1) is 19.8 Å². The van der Waals surface area contributed by atoms with E-state index >= 15 is 0 Å². The van der Waals surface area contributed by atoms with E-state index in [9.17, 15) is 22.8 Å². The molecule has 8 nitrogen and oxygen atoms in total. The van der Waals surface area contributed by atoms with Gasteiger partial charge in [-0.05, 0) is 55.0 Å². The number of benzene rings is 1. The molecule has 1 unspecified atom stereocenters. The highest BCUT2D eigenvalue weighted by molar-refractivity contribution is 5.94. The van der Waals surface area contributed by atoms with Crippen molar-refractivity contribution < 1.29 is 27.6 Å². The number of rotatable bonds is 8. The number of halogens is 3. The molecule has 198 valence electrons. The Labute approximate surface area is 213 Å². The molecule has 0 bridgehead atoms. The Morgan fingerprint density at radius 1 is 1.11 bits per heavy atom. The lowest BCUT2D eigenvalue weighted by atomic mass is 9.93. The number of nitrogens with zero attached hydrogens (tertiary/aromatic N) is 3. The molecule has 3 aromatic rings. The van der Waals surface area contributed by atoms with Gasteiger partial charge in [-0.3, -0.25) is 4.79 Å². The third-order valence-corrected chi connectivity index (χ3v) is 5.66. The van der Waals surface area contributed by atoms with Gasteiger partial charge in [-0.25, -0.2) is 14.5 Å². The minimum absolute atomic E-state index is 0.134. The van der Waals surface area contributed by atoms with Gasteiger partial charge in [-0.15, -0.1) is 0 Å². The lowest BCUT2D eigenvalue weighted by Crippen LogP contribution is -2.26. The molecule has 0 fully saturated rings. The molecule has 11 heteroatoms. The summed E-state index contributed by atoms with van der Waals surface area (Å²) >= 11 is 0. The first-order chi connectivity index (χ1) is 17.4. The lowest BCUT2D eigenvalue weighted by Gasteiger charge is -2.24. The van der Waals surface area contributed by atoms with E-state index in [1.54, 1.807) is 19.1 Å². The molecule has 0 aliphatic heterocycles. The van der Waals surface area contributed by atoms with Gasteiger partial charge in [0.25, 0.3) is 5.91 Å². The molecule has 2 heterocycles. The number of carbonyl (C=O) groups is 2. The Morgan fingerprint density at radius 2 is 1.78 bits per heavy atom. The molecule has 37 heavy (non-hydrogen) atoms. The predicted octanol–water partition coefficient (Wildman–Crippen LogP) is 5.70. The van der Waals surface area contributed by atoms with Crippen molar-refractivity contribution in [3.63, 3.8) is 0 Å². The number of amides is 1. The summed E-state index contributed by atoms with van der Waals surface area (Å²) in [5, 5.41) is 7.32. The van der Waals surface area contributed by atoms with Gasteiger partial charge < -0.3 is 10.2 Å². The second kappa shape index (κ2) is 11.4. The van der Waals surface area contributed by atoms with Crippen molar-refractivity contribution in [3.8, 4) is 5.69 Å². The van der Waals surface area contributed by atoms with Gasteiger partial charge in [0.2, 0.25) is 0 Å². The van der Waals surface area contributed by atoms with Crippen LogP contribution in [0.25, 0.3) is 5.69 Å². The summed E-state index contributed by atoms with van der Waals surface area (Å²) in [5.74, 6) is -0.277. The van der Waals surface area contributed by atoms with Crippen molar-refractivity contribution in [2.75, 3.05) is 5.32 Å². The Morgan fingerprint density at radius 3 is 2.30 bits per heavy atom. The zero-order valence-electron chi connectivity index (χ0n) is 21.3. The van der Waals surface area contributed by atoms with Gasteiger partial charge in [-0.1, -0.05) is 32.9 Å². The van der Waals surface area contributed by atoms with E-state index < -0.39 is 23.6 Å². The molecule has 2 aromatic heterocycles. The van der Waals surface area contributed by atoms with E-state index in [1.807, 2.05) is 26.0 Å². The Kier molecular flexibility index (Phi) is 8.57. The molecule has 0 saturated carbocycles. The maximum absolute atomic E-state index is 13.1. The summed E-state index contributed by atoms with van der Waals surface area (Å²) in [6.07, 6.45) is -0.387. The number of hydrogen-bond donors (Lipinski definition) is 2. The molecule has 0 aliphatic rings. The normalized spacial score (nSPS) is 12.4. The Hall–Kier alpha value is -3.89. The van der Waals surface area contributed by atoms with Crippen molar-refractivity contribution in [2.24, 2.45) is 5.92 Å². The lowest BCUT2D eigenvalue weighted by molar-refractivity contribution is -0.148. The topological polar surface area (TPSA) is 98.1 Å². The SMILES string of the molecule is CCC(=O)ONC(=O)c1ccc(NC(CC(C)C)c2cc(C)c(-n3cc(C(F)(F)F)cn3)c(C)c2)nc1. The first-order valence-corrected chi connectivity index (χ1v) is 11.8. The standard InChI is InChI=1S/C26H30F3N5O3/c1-6-23(35)37-33-25(36)18-7-8-22(30-12-18)32-21(9-15(2)3)19-10-16(4)24(17(5)11-19)34-14-20(13-31-34)26(27,28)29/h7-8,10-15,21H,6,9H2,1-5H3,(H,30,32)(H,33,36). The molecule has 2 N–H and O–H groups in total. The first-order valence-electron chi connectivity index (χ1n) is 11.8. The van der Waals surface area contributed by atoms with E-state index in [0.717, 1.165) is 35.5 Å². The number of alkyl halides is 3. The van der Waals surface area contributed by atoms with Crippen molar-refractivity contribution in [2.45, 2.75) is 59.7 Å². The molecule has 3 rings (SSSR count). The zero-order valence-corrected chi connectivity index (χ0v) is 21.3. The van der Waals surface area contributed by atoms with Crippen LogP contribution in [0.1, 0.15) is 72.3 Å². The third kappa shape index (κ3) is 7.08. The molecule has 1 amide bonds. The zero-order chi connectivity index (χ0) is 27.3. The second-order valence-electron chi connectivity index (χ2n) is 9.19.